The van der Waals surface area contributed by atoms with Gasteiger partial charge >= 0.3 is 5.97 Å². The molecule has 0 saturated heterocycles. The molecule has 6 nitrogen and oxygen atoms in total. The molecule has 1 aliphatic heterocycles. The molecule has 1 unspecified atom stereocenters. The molecular weight excluding hydrogens is 296 g/mol. The molecule has 1 N–H and O–H groups in total. The third kappa shape index (κ3) is 3.21. The topological polar surface area (TPSA) is 71.8 Å². The second-order valence-corrected chi connectivity index (χ2v) is 5.39. The Morgan fingerprint density at radius 1 is 1.17 bits per heavy atom. The SMILES string of the molecule is O=C(O)C1c2ccccc2OCCN1C(=O)CCn1cccc1. The van der Waals surface area contributed by atoms with Gasteiger partial charge in [-0.1, -0.05) is 18.2 Å². The molecule has 1 atom stereocenters. The van der Waals surface area contributed by atoms with Gasteiger partial charge in [0.05, 0.1) is 6.54 Å². The zero-order valence-electron chi connectivity index (χ0n) is 12.6. The van der Waals surface area contributed by atoms with Gasteiger partial charge in [0.2, 0.25) is 5.91 Å². The van der Waals surface area contributed by atoms with Crippen LogP contribution >= 0.6 is 0 Å². The van der Waals surface area contributed by atoms with Crippen LogP contribution in [0.4, 0.5) is 0 Å². The Bertz CT molecular complexity index is 696. The number of fused-ring (bicyclic) bond motifs is 1. The molecule has 23 heavy (non-hydrogen) atoms. The van der Waals surface area contributed by atoms with Crippen molar-refractivity contribution in [2.45, 2.75) is 19.0 Å². The van der Waals surface area contributed by atoms with Crippen molar-refractivity contribution in [3.05, 3.63) is 54.4 Å². The highest BCUT2D eigenvalue weighted by Gasteiger charge is 2.34. The molecule has 0 aliphatic carbocycles. The molecule has 0 saturated carbocycles. The van der Waals surface area contributed by atoms with Crippen molar-refractivity contribution in [2.24, 2.45) is 0 Å². The fraction of sp³-hybridized carbons (Fsp3) is 0.294. The van der Waals surface area contributed by atoms with Crippen LogP contribution in [0.5, 0.6) is 5.75 Å². The molecule has 0 spiro atoms. The standard InChI is InChI=1S/C17H18N2O4/c20-15(7-10-18-8-3-4-9-18)19-11-12-23-14-6-2-1-5-13(14)16(19)17(21)22/h1-6,8-9,16H,7,10-12H2,(H,21,22). The number of para-hydroxylation sites is 1. The average molecular weight is 314 g/mol. The lowest BCUT2D eigenvalue weighted by Crippen LogP contribution is -2.40. The predicted molar refractivity (Wildman–Crippen MR) is 83.1 cm³/mol. The number of aryl methyl sites for hydroxylation is 1. The van der Waals surface area contributed by atoms with Crippen LogP contribution in [0.2, 0.25) is 0 Å². The van der Waals surface area contributed by atoms with Crippen molar-refractivity contribution in [1.82, 2.24) is 9.47 Å². The largest absolute Gasteiger partial charge is 0.491 e. The van der Waals surface area contributed by atoms with Gasteiger partial charge in [0.15, 0.2) is 6.04 Å². The maximum absolute atomic E-state index is 12.6. The molecule has 120 valence electrons. The van der Waals surface area contributed by atoms with E-state index in [0.29, 0.717) is 17.9 Å². The van der Waals surface area contributed by atoms with Crippen LogP contribution in [-0.2, 0) is 16.1 Å². The summed E-state index contributed by atoms with van der Waals surface area (Å²) in [5.41, 5.74) is 0.520. The first-order valence-electron chi connectivity index (χ1n) is 7.51. The van der Waals surface area contributed by atoms with Crippen LogP contribution in [0, 0.1) is 0 Å². The van der Waals surface area contributed by atoms with Gasteiger partial charge in [-0.15, -0.1) is 0 Å². The minimum absolute atomic E-state index is 0.189. The highest BCUT2D eigenvalue weighted by atomic mass is 16.5. The van der Waals surface area contributed by atoms with E-state index in [9.17, 15) is 14.7 Å². The molecule has 1 aromatic carbocycles. The van der Waals surface area contributed by atoms with E-state index < -0.39 is 12.0 Å². The third-order valence-electron chi connectivity index (χ3n) is 3.92. The van der Waals surface area contributed by atoms with Gasteiger partial charge in [0, 0.05) is 30.9 Å². The highest BCUT2D eigenvalue weighted by Crippen LogP contribution is 2.32. The molecule has 2 aromatic rings. The average Bonchev–Trinajstić information content (AvgIpc) is 2.98. The van der Waals surface area contributed by atoms with Crippen LogP contribution in [0.1, 0.15) is 18.0 Å². The number of carbonyl (C=O) groups excluding carboxylic acids is 1. The van der Waals surface area contributed by atoms with Gasteiger partial charge in [0.25, 0.3) is 0 Å². The van der Waals surface area contributed by atoms with Gasteiger partial charge < -0.3 is 19.3 Å². The lowest BCUT2D eigenvalue weighted by Gasteiger charge is -2.27. The first kappa shape index (κ1) is 15.1. The van der Waals surface area contributed by atoms with Crippen molar-refractivity contribution in [3.8, 4) is 5.75 Å². The minimum Gasteiger partial charge on any atom is -0.491 e. The van der Waals surface area contributed by atoms with Crippen molar-refractivity contribution in [3.63, 3.8) is 0 Å². The van der Waals surface area contributed by atoms with Gasteiger partial charge in [-0.05, 0) is 18.2 Å². The van der Waals surface area contributed by atoms with Crippen LogP contribution in [0.3, 0.4) is 0 Å². The first-order valence-corrected chi connectivity index (χ1v) is 7.51. The van der Waals surface area contributed by atoms with Gasteiger partial charge in [-0.3, -0.25) is 4.79 Å². The minimum atomic E-state index is -1.04. The Kier molecular flexibility index (Phi) is 4.32. The van der Waals surface area contributed by atoms with Crippen LogP contribution in [-0.4, -0.2) is 39.6 Å². The summed E-state index contributed by atoms with van der Waals surface area (Å²) < 4.78 is 7.50. The highest BCUT2D eigenvalue weighted by molar-refractivity contribution is 5.85. The number of benzene rings is 1. The number of hydrogen-bond donors (Lipinski definition) is 1. The van der Waals surface area contributed by atoms with Gasteiger partial charge in [-0.25, -0.2) is 4.79 Å². The quantitative estimate of drug-likeness (QED) is 0.936. The second-order valence-electron chi connectivity index (χ2n) is 5.39. The molecule has 0 radical (unpaired) electrons. The van der Waals surface area contributed by atoms with Gasteiger partial charge in [0.1, 0.15) is 12.4 Å². The summed E-state index contributed by atoms with van der Waals surface area (Å²) in [4.78, 5) is 25.7. The van der Waals surface area contributed by atoms with E-state index in [-0.39, 0.29) is 25.5 Å². The van der Waals surface area contributed by atoms with Crippen LogP contribution in [0.25, 0.3) is 0 Å². The number of aromatic nitrogens is 1. The first-order chi connectivity index (χ1) is 11.2. The second kappa shape index (κ2) is 6.56. The molecule has 3 rings (SSSR count). The van der Waals surface area contributed by atoms with E-state index in [1.807, 2.05) is 29.1 Å². The van der Waals surface area contributed by atoms with E-state index >= 15 is 0 Å². The summed E-state index contributed by atoms with van der Waals surface area (Å²) >= 11 is 0. The van der Waals surface area contributed by atoms with E-state index in [0.717, 1.165) is 0 Å². The number of aliphatic carboxylic acids is 1. The molecule has 1 aliphatic rings. The Morgan fingerprint density at radius 2 is 1.91 bits per heavy atom. The zero-order valence-corrected chi connectivity index (χ0v) is 12.6. The summed E-state index contributed by atoms with van der Waals surface area (Å²) in [5, 5.41) is 9.63. The van der Waals surface area contributed by atoms with Crippen LogP contribution in [0.15, 0.2) is 48.8 Å². The number of nitrogens with zero attached hydrogens (tertiary/aromatic N) is 2. The summed E-state index contributed by atoms with van der Waals surface area (Å²) in [6.45, 7) is 1.07. The fourth-order valence-electron chi connectivity index (χ4n) is 2.81. The summed E-state index contributed by atoms with van der Waals surface area (Å²) in [6, 6.07) is 9.75. The molecule has 6 heteroatoms. The number of rotatable bonds is 4. The normalized spacial score (nSPS) is 17.0. The van der Waals surface area contributed by atoms with E-state index in [2.05, 4.69) is 0 Å². The molecule has 0 bridgehead atoms. The lowest BCUT2D eigenvalue weighted by atomic mass is 10.0. The van der Waals surface area contributed by atoms with Crippen molar-refractivity contribution >= 4 is 11.9 Å². The number of hydrogen-bond acceptors (Lipinski definition) is 3. The summed E-state index contributed by atoms with van der Waals surface area (Å²) in [6.07, 6.45) is 4.01. The maximum Gasteiger partial charge on any atom is 0.331 e. The van der Waals surface area contributed by atoms with Crippen molar-refractivity contribution < 1.29 is 19.4 Å². The molecule has 2 heterocycles. The van der Waals surface area contributed by atoms with Gasteiger partial charge in [-0.2, -0.15) is 0 Å². The number of ether oxygens (including phenoxy) is 1. The molecule has 1 aromatic heterocycles. The number of carbonyl (C=O) groups is 2. The summed E-state index contributed by atoms with van der Waals surface area (Å²) in [7, 11) is 0. The Morgan fingerprint density at radius 3 is 2.65 bits per heavy atom. The van der Waals surface area contributed by atoms with E-state index in [4.69, 9.17) is 4.74 Å². The van der Waals surface area contributed by atoms with Crippen molar-refractivity contribution in [2.75, 3.05) is 13.2 Å². The third-order valence-corrected chi connectivity index (χ3v) is 3.92. The fourth-order valence-corrected chi connectivity index (χ4v) is 2.81. The Balaban J connectivity index is 1.82. The number of carboxylic acid groups (broad SMARTS) is 1. The summed E-state index contributed by atoms with van der Waals surface area (Å²) in [5.74, 6) is -0.704. The van der Waals surface area contributed by atoms with E-state index in [1.54, 1.807) is 24.3 Å². The molecular formula is C17H18N2O4. The lowest BCUT2D eigenvalue weighted by molar-refractivity contribution is -0.150. The monoisotopic (exact) mass is 314 g/mol. The Hall–Kier alpha value is -2.76. The van der Waals surface area contributed by atoms with Crippen molar-refractivity contribution in [1.29, 1.82) is 0 Å². The Labute approximate surface area is 133 Å². The van der Waals surface area contributed by atoms with E-state index in [1.165, 1.54) is 4.90 Å². The molecule has 0 fully saturated rings. The number of carboxylic acids is 1. The van der Waals surface area contributed by atoms with Crippen LogP contribution < -0.4 is 4.74 Å². The number of amides is 1. The zero-order chi connectivity index (χ0) is 16.2. The molecule has 1 amide bonds. The predicted octanol–water partition coefficient (Wildman–Crippen LogP) is 1.93. The maximum atomic E-state index is 12.6. The smallest absolute Gasteiger partial charge is 0.331 e.